The van der Waals surface area contributed by atoms with E-state index in [1.54, 1.807) is 31.5 Å². The van der Waals surface area contributed by atoms with Crippen LogP contribution in [0.15, 0.2) is 30.5 Å². The smallest absolute Gasteiger partial charge is 0.164 e. The zero-order chi connectivity index (χ0) is 12.3. The molecule has 0 saturated heterocycles. The van der Waals surface area contributed by atoms with E-state index in [4.69, 9.17) is 10.5 Å². The Morgan fingerprint density at radius 3 is 2.94 bits per heavy atom. The van der Waals surface area contributed by atoms with Crippen molar-refractivity contribution in [2.75, 3.05) is 13.7 Å². The summed E-state index contributed by atoms with van der Waals surface area (Å²) in [5.41, 5.74) is 6.76. The van der Waals surface area contributed by atoms with Crippen LogP contribution >= 0.6 is 0 Å². The van der Waals surface area contributed by atoms with Gasteiger partial charge in [-0.1, -0.05) is 6.07 Å². The fourth-order valence-electron chi connectivity index (χ4n) is 1.82. The largest absolute Gasteiger partial charge is 0.494 e. The van der Waals surface area contributed by atoms with Crippen LogP contribution in [-0.2, 0) is 0 Å². The lowest BCUT2D eigenvalue weighted by Gasteiger charge is -2.08. The summed E-state index contributed by atoms with van der Waals surface area (Å²) in [6, 6.07) is 7.20. The lowest BCUT2D eigenvalue weighted by molar-refractivity contribution is 0.0987. The average molecular weight is 230 g/mol. The Hall–Kier alpha value is -1.94. The van der Waals surface area contributed by atoms with Crippen LogP contribution in [0.1, 0.15) is 16.8 Å². The van der Waals surface area contributed by atoms with Gasteiger partial charge in [-0.2, -0.15) is 0 Å². The fraction of sp³-hybridized carbons (Fsp3) is 0.231. The number of nitrogens with two attached hydrogens (primary N) is 1. The van der Waals surface area contributed by atoms with E-state index >= 15 is 0 Å². The van der Waals surface area contributed by atoms with Crippen molar-refractivity contribution in [1.82, 2.24) is 4.98 Å². The molecule has 0 bridgehead atoms. The molecule has 88 valence electrons. The Morgan fingerprint density at radius 2 is 2.24 bits per heavy atom. The Bertz CT molecular complexity index is 552. The normalized spacial score (nSPS) is 10.5. The van der Waals surface area contributed by atoms with E-state index in [2.05, 4.69) is 4.98 Å². The van der Waals surface area contributed by atoms with Crippen LogP contribution in [0.25, 0.3) is 10.9 Å². The van der Waals surface area contributed by atoms with Gasteiger partial charge in [-0.05, 0) is 24.7 Å². The summed E-state index contributed by atoms with van der Waals surface area (Å²) in [5, 5.41) is 0.810. The van der Waals surface area contributed by atoms with Gasteiger partial charge < -0.3 is 10.5 Å². The number of carbonyl (C=O) groups is 1. The first kappa shape index (κ1) is 11.5. The molecule has 0 spiro atoms. The maximum atomic E-state index is 11.9. The molecule has 1 aromatic carbocycles. The highest BCUT2D eigenvalue weighted by Gasteiger charge is 2.12. The molecule has 17 heavy (non-hydrogen) atoms. The van der Waals surface area contributed by atoms with E-state index in [-0.39, 0.29) is 5.78 Å². The molecule has 2 aromatic rings. The van der Waals surface area contributed by atoms with Crippen LogP contribution in [0.3, 0.4) is 0 Å². The number of benzene rings is 1. The summed E-state index contributed by atoms with van der Waals surface area (Å²) in [4.78, 5) is 16.2. The number of aromatic nitrogens is 1. The van der Waals surface area contributed by atoms with Gasteiger partial charge in [0.1, 0.15) is 11.3 Å². The summed E-state index contributed by atoms with van der Waals surface area (Å²) < 4.78 is 5.22. The third-order valence-corrected chi connectivity index (χ3v) is 2.62. The molecule has 4 nitrogen and oxygen atoms in total. The molecule has 4 heteroatoms. The first-order valence-corrected chi connectivity index (χ1v) is 5.43. The Labute approximate surface area is 99.4 Å². The molecule has 0 aliphatic rings. The molecule has 2 rings (SSSR count). The minimum atomic E-state index is 0.0353. The van der Waals surface area contributed by atoms with Gasteiger partial charge in [-0.3, -0.25) is 9.78 Å². The molecule has 0 fully saturated rings. The van der Waals surface area contributed by atoms with E-state index in [1.165, 1.54) is 0 Å². The van der Waals surface area contributed by atoms with Crippen LogP contribution in [0, 0.1) is 0 Å². The zero-order valence-electron chi connectivity index (χ0n) is 9.64. The number of pyridine rings is 1. The minimum Gasteiger partial charge on any atom is -0.494 e. The van der Waals surface area contributed by atoms with Crippen molar-refractivity contribution in [3.05, 3.63) is 36.0 Å². The van der Waals surface area contributed by atoms with Crippen molar-refractivity contribution >= 4 is 16.7 Å². The van der Waals surface area contributed by atoms with Crippen molar-refractivity contribution in [2.24, 2.45) is 5.73 Å². The van der Waals surface area contributed by atoms with Crippen LogP contribution in [0.2, 0.25) is 0 Å². The molecule has 0 atom stereocenters. The van der Waals surface area contributed by atoms with Gasteiger partial charge in [0.2, 0.25) is 0 Å². The zero-order valence-corrected chi connectivity index (χ0v) is 9.64. The van der Waals surface area contributed by atoms with Crippen LogP contribution in [0.5, 0.6) is 5.75 Å². The van der Waals surface area contributed by atoms with Crippen LogP contribution in [-0.4, -0.2) is 24.4 Å². The summed E-state index contributed by atoms with van der Waals surface area (Å²) in [6.45, 7) is 0.354. The van der Waals surface area contributed by atoms with Crippen molar-refractivity contribution < 1.29 is 9.53 Å². The minimum absolute atomic E-state index is 0.0353. The first-order chi connectivity index (χ1) is 8.27. The van der Waals surface area contributed by atoms with Gasteiger partial charge in [0.15, 0.2) is 5.78 Å². The quantitative estimate of drug-likeness (QED) is 0.813. The maximum Gasteiger partial charge on any atom is 0.164 e. The monoisotopic (exact) mass is 230 g/mol. The third-order valence-electron chi connectivity index (χ3n) is 2.62. The fourth-order valence-corrected chi connectivity index (χ4v) is 1.82. The van der Waals surface area contributed by atoms with Gasteiger partial charge in [0.25, 0.3) is 0 Å². The van der Waals surface area contributed by atoms with E-state index in [0.29, 0.717) is 29.8 Å². The molecule has 1 heterocycles. The van der Waals surface area contributed by atoms with Crippen LogP contribution in [0.4, 0.5) is 0 Å². The number of fused-ring (bicyclic) bond motifs is 1. The summed E-state index contributed by atoms with van der Waals surface area (Å²) in [5.74, 6) is 0.707. The second-order valence-corrected chi connectivity index (χ2v) is 3.68. The lowest BCUT2D eigenvalue weighted by Crippen LogP contribution is -2.08. The number of ketones is 1. The van der Waals surface area contributed by atoms with E-state index in [9.17, 15) is 4.79 Å². The predicted octanol–water partition coefficient (Wildman–Crippen LogP) is 1.77. The van der Waals surface area contributed by atoms with Crippen molar-refractivity contribution in [1.29, 1.82) is 0 Å². The summed E-state index contributed by atoms with van der Waals surface area (Å²) in [7, 11) is 1.59. The highest BCUT2D eigenvalue weighted by molar-refractivity contribution is 6.08. The lowest BCUT2D eigenvalue weighted by atomic mass is 10.0. The molecule has 0 saturated carbocycles. The number of rotatable bonds is 4. The summed E-state index contributed by atoms with van der Waals surface area (Å²) >= 11 is 0. The number of hydrogen-bond acceptors (Lipinski definition) is 4. The topological polar surface area (TPSA) is 65.2 Å². The van der Waals surface area contributed by atoms with Crippen molar-refractivity contribution in [3.63, 3.8) is 0 Å². The van der Waals surface area contributed by atoms with Crippen molar-refractivity contribution in [3.8, 4) is 5.75 Å². The second kappa shape index (κ2) is 4.93. The maximum absolute atomic E-state index is 11.9. The van der Waals surface area contributed by atoms with Crippen LogP contribution < -0.4 is 10.5 Å². The number of methoxy groups -OCH3 is 1. The Balaban J connectivity index is 2.62. The Morgan fingerprint density at radius 1 is 1.41 bits per heavy atom. The number of ether oxygens (including phenoxy) is 1. The van der Waals surface area contributed by atoms with Gasteiger partial charge >= 0.3 is 0 Å². The highest BCUT2D eigenvalue weighted by atomic mass is 16.5. The molecule has 0 aliphatic heterocycles. The van der Waals surface area contributed by atoms with E-state index < -0.39 is 0 Å². The molecule has 0 radical (unpaired) electrons. The van der Waals surface area contributed by atoms with E-state index in [1.807, 2.05) is 6.07 Å². The first-order valence-electron chi connectivity index (χ1n) is 5.43. The molecule has 0 unspecified atom stereocenters. The van der Waals surface area contributed by atoms with Crippen molar-refractivity contribution in [2.45, 2.75) is 6.42 Å². The Kier molecular flexibility index (Phi) is 3.35. The summed E-state index contributed by atoms with van der Waals surface area (Å²) in [6.07, 6.45) is 2.03. The van der Waals surface area contributed by atoms with Gasteiger partial charge in [0.05, 0.1) is 7.11 Å². The molecular weight excluding hydrogens is 216 g/mol. The number of carbonyl (C=O) groups excluding carboxylic acids is 1. The SMILES string of the molecule is COc1ccc(C(=O)CCN)c2cccnc12. The van der Waals surface area contributed by atoms with Gasteiger partial charge in [-0.25, -0.2) is 0 Å². The predicted molar refractivity (Wildman–Crippen MR) is 66.3 cm³/mol. The molecular formula is C13H14N2O2. The highest BCUT2D eigenvalue weighted by Crippen LogP contribution is 2.26. The standard InChI is InChI=1S/C13H14N2O2/c1-17-12-5-4-9(11(16)6-7-14)10-3-2-8-15-13(10)12/h2-5,8H,6-7,14H2,1H3. The average Bonchev–Trinajstić information content (AvgIpc) is 2.37. The second-order valence-electron chi connectivity index (χ2n) is 3.68. The molecule has 1 aromatic heterocycles. The van der Waals surface area contributed by atoms with Gasteiger partial charge in [0, 0.05) is 23.6 Å². The molecule has 0 amide bonds. The molecule has 0 aliphatic carbocycles. The third kappa shape index (κ3) is 2.12. The number of hydrogen-bond donors (Lipinski definition) is 1. The molecule has 2 N–H and O–H groups in total. The number of nitrogens with zero attached hydrogens (tertiary/aromatic N) is 1. The van der Waals surface area contributed by atoms with E-state index in [0.717, 1.165) is 5.39 Å². The van der Waals surface area contributed by atoms with Gasteiger partial charge in [-0.15, -0.1) is 0 Å². The number of Topliss-reactive ketones (excluding diaryl/α,β-unsaturated/α-hetero) is 1.